The Morgan fingerprint density at radius 2 is 1.85 bits per heavy atom. The summed E-state index contributed by atoms with van der Waals surface area (Å²) in [6.07, 6.45) is 2.25. The Morgan fingerprint density at radius 1 is 1.38 bits per heavy atom. The molecule has 0 aliphatic carbocycles. The lowest BCUT2D eigenvalue weighted by molar-refractivity contribution is -0.154. The van der Waals surface area contributed by atoms with Gasteiger partial charge in [0.1, 0.15) is 6.04 Å². The first-order chi connectivity index (χ1) is 6.07. The fourth-order valence-electron chi connectivity index (χ4n) is 1.07. The van der Waals surface area contributed by atoms with Crippen molar-refractivity contribution in [2.24, 2.45) is 0 Å². The first kappa shape index (κ1) is 9.44. The summed E-state index contributed by atoms with van der Waals surface area (Å²) in [4.78, 5) is 34.0. The van der Waals surface area contributed by atoms with E-state index in [1.807, 2.05) is 0 Å². The van der Waals surface area contributed by atoms with Gasteiger partial charge in [-0.3, -0.25) is 14.5 Å². The second kappa shape index (κ2) is 3.38. The zero-order chi connectivity index (χ0) is 10.0. The highest BCUT2D eigenvalue weighted by atomic mass is 16.5. The lowest BCUT2D eigenvalue weighted by Gasteiger charge is -2.19. The van der Waals surface area contributed by atoms with Crippen LogP contribution in [0.2, 0.25) is 0 Å². The molecule has 0 unspecified atom stereocenters. The summed E-state index contributed by atoms with van der Waals surface area (Å²) >= 11 is 0. The molecule has 0 fully saturated rings. The van der Waals surface area contributed by atoms with Crippen LogP contribution in [0.5, 0.6) is 0 Å². The first-order valence-corrected chi connectivity index (χ1v) is 3.71. The van der Waals surface area contributed by atoms with Crippen molar-refractivity contribution < 1.29 is 19.1 Å². The summed E-state index contributed by atoms with van der Waals surface area (Å²) in [5.41, 5.74) is 0. The minimum absolute atomic E-state index is 0.483. The number of methoxy groups -OCH3 is 1. The summed E-state index contributed by atoms with van der Waals surface area (Å²) < 4.78 is 4.41. The Balaban J connectivity index is 2.78. The molecule has 13 heavy (non-hydrogen) atoms. The van der Waals surface area contributed by atoms with Crippen molar-refractivity contribution in [1.82, 2.24) is 4.90 Å². The monoisotopic (exact) mass is 183 g/mol. The van der Waals surface area contributed by atoms with Crippen LogP contribution in [0.3, 0.4) is 0 Å². The van der Waals surface area contributed by atoms with E-state index < -0.39 is 23.8 Å². The van der Waals surface area contributed by atoms with Crippen LogP contribution >= 0.6 is 0 Å². The Hall–Kier alpha value is -1.65. The fourth-order valence-corrected chi connectivity index (χ4v) is 1.07. The molecular formula is C8H9NO4. The van der Waals surface area contributed by atoms with Crippen molar-refractivity contribution >= 4 is 17.8 Å². The van der Waals surface area contributed by atoms with Gasteiger partial charge >= 0.3 is 5.97 Å². The molecule has 2 amide bonds. The van der Waals surface area contributed by atoms with E-state index in [4.69, 9.17) is 0 Å². The summed E-state index contributed by atoms with van der Waals surface area (Å²) in [6, 6.07) is -0.861. The number of rotatable bonds is 2. The third kappa shape index (κ3) is 1.58. The topological polar surface area (TPSA) is 63.7 Å². The highest BCUT2D eigenvalue weighted by Crippen LogP contribution is 2.09. The molecule has 1 aliphatic heterocycles. The number of carbonyl (C=O) groups is 3. The van der Waals surface area contributed by atoms with Crippen LogP contribution in [-0.4, -0.2) is 35.8 Å². The average Bonchev–Trinajstić information content (AvgIpc) is 2.44. The number of nitrogens with zero attached hydrogens (tertiary/aromatic N) is 1. The predicted molar refractivity (Wildman–Crippen MR) is 42.5 cm³/mol. The maximum absolute atomic E-state index is 11.1. The fraction of sp³-hybridized carbons (Fsp3) is 0.375. The largest absolute Gasteiger partial charge is 0.467 e. The SMILES string of the molecule is COC(=O)[C@H](C)N1C(=O)C=CC1=O. The summed E-state index contributed by atoms with van der Waals surface area (Å²) in [5, 5.41) is 0. The lowest BCUT2D eigenvalue weighted by atomic mass is 10.3. The Bertz CT molecular complexity index is 277. The highest BCUT2D eigenvalue weighted by molar-refractivity contribution is 6.14. The molecule has 0 N–H and O–H groups in total. The van der Waals surface area contributed by atoms with E-state index >= 15 is 0 Å². The zero-order valence-electron chi connectivity index (χ0n) is 7.31. The molecule has 0 aromatic rings. The van der Waals surface area contributed by atoms with Crippen LogP contribution < -0.4 is 0 Å². The maximum atomic E-state index is 11.1. The van der Waals surface area contributed by atoms with E-state index in [0.29, 0.717) is 0 Å². The Morgan fingerprint density at radius 3 is 2.23 bits per heavy atom. The smallest absolute Gasteiger partial charge is 0.328 e. The molecule has 0 saturated heterocycles. The van der Waals surface area contributed by atoms with Crippen molar-refractivity contribution in [2.45, 2.75) is 13.0 Å². The lowest BCUT2D eigenvalue weighted by Crippen LogP contribution is -2.43. The van der Waals surface area contributed by atoms with Crippen LogP contribution in [0.25, 0.3) is 0 Å². The van der Waals surface area contributed by atoms with Gasteiger partial charge in [0.25, 0.3) is 11.8 Å². The maximum Gasteiger partial charge on any atom is 0.328 e. The van der Waals surface area contributed by atoms with Crippen molar-refractivity contribution in [3.63, 3.8) is 0 Å². The van der Waals surface area contributed by atoms with Gasteiger partial charge in [-0.15, -0.1) is 0 Å². The van der Waals surface area contributed by atoms with Gasteiger partial charge in [0.2, 0.25) is 0 Å². The van der Waals surface area contributed by atoms with Crippen LogP contribution in [-0.2, 0) is 19.1 Å². The van der Waals surface area contributed by atoms with E-state index in [-0.39, 0.29) is 0 Å². The number of carbonyl (C=O) groups excluding carboxylic acids is 3. The molecule has 0 aromatic carbocycles. The second-order valence-corrected chi connectivity index (χ2v) is 2.58. The highest BCUT2D eigenvalue weighted by Gasteiger charge is 2.32. The predicted octanol–water partition coefficient (Wildman–Crippen LogP) is -0.527. The summed E-state index contributed by atoms with van der Waals surface area (Å²) in [6.45, 7) is 1.44. The van der Waals surface area contributed by atoms with Crippen molar-refractivity contribution in [1.29, 1.82) is 0 Å². The average molecular weight is 183 g/mol. The molecule has 5 nitrogen and oxygen atoms in total. The zero-order valence-corrected chi connectivity index (χ0v) is 7.31. The van der Waals surface area contributed by atoms with Crippen LogP contribution in [0.4, 0.5) is 0 Å². The Labute approximate surface area is 75.0 Å². The minimum Gasteiger partial charge on any atom is -0.467 e. The molecule has 0 aromatic heterocycles. The molecule has 1 aliphatic rings. The number of hydrogen-bond acceptors (Lipinski definition) is 4. The molecule has 0 saturated carbocycles. The van der Waals surface area contributed by atoms with E-state index in [2.05, 4.69) is 4.74 Å². The van der Waals surface area contributed by atoms with Gasteiger partial charge in [0.15, 0.2) is 0 Å². The molecule has 5 heteroatoms. The number of imide groups is 1. The number of ether oxygens (including phenoxy) is 1. The van der Waals surface area contributed by atoms with Gasteiger partial charge in [0, 0.05) is 12.2 Å². The van der Waals surface area contributed by atoms with E-state index in [1.54, 1.807) is 0 Å². The summed E-state index contributed by atoms with van der Waals surface area (Å²) in [5.74, 6) is -1.57. The molecule has 0 bridgehead atoms. The molecular weight excluding hydrogens is 174 g/mol. The van der Waals surface area contributed by atoms with E-state index in [9.17, 15) is 14.4 Å². The van der Waals surface area contributed by atoms with Crippen LogP contribution in [0, 0.1) is 0 Å². The van der Waals surface area contributed by atoms with Crippen molar-refractivity contribution in [3.05, 3.63) is 12.2 Å². The standard InChI is InChI=1S/C8H9NO4/c1-5(8(12)13-2)9-6(10)3-4-7(9)11/h3-5H,1-2H3/t5-/m0/s1. The molecule has 1 rings (SSSR count). The molecule has 0 radical (unpaired) electrons. The van der Waals surface area contributed by atoms with Crippen molar-refractivity contribution in [3.8, 4) is 0 Å². The minimum atomic E-state index is -0.861. The third-order valence-electron chi connectivity index (χ3n) is 1.77. The van der Waals surface area contributed by atoms with Gasteiger partial charge in [0.05, 0.1) is 7.11 Å². The van der Waals surface area contributed by atoms with Gasteiger partial charge in [-0.05, 0) is 6.92 Å². The van der Waals surface area contributed by atoms with Crippen LogP contribution in [0.1, 0.15) is 6.92 Å². The quantitative estimate of drug-likeness (QED) is 0.426. The number of esters is 1. The number of amides is 2. The Kier molecular flexibility index (Phi) is 2.46. The van der Waals surface area contributed by atoms with E-state index in [0.717, 1.165) is 17.1 Å². The molecule has 0 spiro atoms. The number of hydrogen-bond donors (Lipinski definition) is 0. The molecule has 70 valence electrons. The normalized spacial score (nSPS) is 17.8. The summed E-state index contributed by atoms with van der Waals surface area (Å²) in [7, 11) is 1.21. The van der Waals surface area contributed by atoms with Gasteiger partial charge in [-0.25, -0.2) is 4.79 Å². The van der Waals surface area contributed by atoms with E-state index in [1.165, 1.54) is 14.0 Å². The molecule has 1 heterocycles. The first-order valence-electron chi connectivity index (χ1n) is 3.71. The van der Waals surface area contributed by atoms with Gasteiger partial charge < -0.3 is 4.74 Å². The van der Waals surface area contributed by atoms with Gasteiger partial charge in [-0.1, -0.05) is 0 Å². The van der Waals surface area contributed by atoms with Gasteiger partial charge in [-0.2, -0.15) is 0 Å². The third-order valence-corrected chi connectivity index (χ3v) is 1.77. The second-order valence-electron chi connectivity index (χ2n) is 2.58. The van der Waals surface area contributed by atoms with Crippen LogP contribution in [0.15, 0.2) is 12.2 Å². The molecule has 1 atom stereocenters. The van der Waals surface area contributed by atoms with Crippen molar-refractivity contribution in [2.75, 3.05) is 7.11 Å².